The van der Waals surface area contributed by atoms with Crippen molar-refractivity contribution < 1.29 is 4.43 Å². The lowest BCUT2D eigenvalue weighted by molar-refractivity contribution is 0.509. The molecule has 0 fully saturated rings. The summed E-state index contributed by atoms with van der Waals surface area (Å²) >= 11 is 0. The lowest BCUT2D eigenvalue weighted by atomic mass is 10.1. The maximum Gasteiger partial charge on any atom is 0.242 e. The second kappa shape index (κ2) is 7.99. The van der Waals surface area contributed by atoms with Crippen LogP contribution >= 0.6 is 0 Å². The molecule has 2 rings (SSSR count). The molecule has 0 saturated carbocycles. The Bertz CT molecular complexity index is 655. The topological polar surface area (TPSA) is 9.23 Å². The van der Waals surface area contributed by atoms with Crippen molar-refractivity contribution in [3.8, 4) is 0 Å². The van der Waals surface area contributed by atoms with Gasteiger partial charge in [0.25, 0.3) is 0 Å². The number of hydrogen-bond donors (Lipinski definition) is 0. The summed E-state index contributed by atoms with van der Waals surface area (Å²) in [5.74, 6) is 1.05. The van der Waals surface area contributed by atoms with Crippen LogP contribution in [0.4, 0.5) is 0 Å². The van der Waals surface area contributed by atoms with Crippen LogP contribution in [-0.2, 0) is 10.8 Å². The highest BCUT2D eigenvalue weighted by atomic mass is 28.4. The number of allylic oxidation sites excluding steroid dienone is 1. The highest BCUT2D eigenvalue weighted by Crippen LogP contribution is 2.27. The molecular formula is C21H30OSi2. The summed E-state index contributed by atoms with van der Waals surface area (Å²) in [5.41, 5.74) is 3.78. The van der Waals surface area contributed by atoms with Gasteiger partial charge in [-0.3, -0.25) is 0 Å². The van der Waals surface area contributed by atoms with Crippen molar-refractivity contribution in [2.24, 2.45) is 0 Å². The van der Waals surface area contributed by atoms with E-state index in [0.29, 0.717) is 0 Å². The smallest absolute Gasteiger partial charge is 0.242 e. The van der Waals surface area contributed by atoms with Crippen LogP contribution in [0, 0.1) is 0 Å². The molecule has 24 heavy (non-hydrogen) atoms. The van der Waals surface area contributed by atoms with Crippen molar-refractivity contribution in [1.29, 1.82) is 0 Å². The zero-order valence-corrected chi connectivity index (χ0v) is 17.7. The van der Waals surface area contributed by atoms with Gasteiger partial charge in [0.05, 0.1) is 0 Å². The molecule has 1 nitrogen and oxygen atoms in total. The van der Waals surface area contributed by atoms with Gasteiger partial charge in [0.2, 0.25) is 8.32 Å². The molecule has 0 amide bonds. The summed E-state index contributed by atoms with van der Waals surface area (Å²) in [4.78, 5) is 0. The van der Waals surface area contributed by atoms with Crippen molar-refractivity contribution in [2.45, 2.75) is 44.8 Å². The molecule has 0 aliphatic heterocycles. The molecular weight excluding hydrogens is 324 g/mol. The third-order valence-corrected chi connectivity index (χ3v) is 12.2. The van der Waals surface area contributed by atoms with Crippen LogP contribution in [0.25, 0.3) is 5.76 Å². The van der Waals surface area contributed by atoms with E-state index in [1.54, 1.807) is 0 Å². The van der Waals surface area contributed by atoms with E-state index < -0.39 is 16.4 Å². The molecule has 0 N–H and O–H groups in total. The minimum atomic E-state index is -1.73. The van der Waals surface area contributed by atoms with E-state index >= 15 is 0 Å². The molecule has 0 radical (unpaired) electrons. The Hall–Kier alpha value is -1.59. The van der Waals surface area contributed by atoms with E-state index in [2.05, 4.69) is 99.5 Å². The minimum Gasteiger partial charge on any atom is -0.544 e. The van der Waals surface area contributed by atoms with Crippen LogP contribution in [0.1, 0.15) is 11.1 Å². The fourth-order valence-corrected chi connectivity index (χ4v) is 14.6. The van der Waals surface area contributed by atoms with Gasteiger partial charge >= 0.3 is 0 Å². The molecule has 0 saturated heterocycles. The van der Waals surface area contributed by atoms with Gasteiger partial charge in [0.1, 0.15) is 5.76 Å². The van der Waals surface area contributed by atoms with Crippen LogP contribution < -0.4 is 0 Å². The van der Waals surface area contributed by atoms with E-state index in [4.69, 9.17) is 4.43 Å². The van der Waals surface area contributed by atoms with Gasteiger partial charge in [-0.05, 0) is 36.8 Å². The first kappa shape index (κ1) is 18.7. The normalized spacial score (nSPS) is 13.0. The van der Waals surface area contributed by atoms with Crippen LogP contribution in [-0.4, -0.2) is 16.4 Å². The Morgan fingerprint density at radius 3 is 1.92 bits per heavy atom. The van der Waals surface area contributed by atoms with Gasteiger partial charge in [0, 0.05) is 13.6 Å². The highest BCUT2D eigenvalue weighted by Gasteiger charge is 2.32. The molecule has 128 valence electrons. The van der Waals surface area contributed by atoms with E-state index in [1.165, 1.54) is 16.8 Å². The van der Waals surface area contributed by atoms with Crippen molar-refractivity contribution in [3.63, 3.8) is 0 Å². The van der Waals surface area contributed by atoms with E-state index in [1.807, 2.05) is 0 Å². The Morgan fingerprint density at radius 1 is 0.833 bits per heavy atom. The maximum absolute atomic E-state index is 6.66. The third kappa shape index (κ3) is 6.50. The van der Waals surface area contributed by atoms with E-state index in [0.717, 1.165) is 12.2 Å². The molecule has 0 spiro atoms. The summed E-state index contributed by atoms with van der Waals surface area (Å²) in [6.45, 7) is 12.0. The Labute approximate surface area is 149 Å². The summed E-state index contributed by atoms with van der Waals surface area (Å²) in [7, 11) is -2.87. The average Bonchev–Trinajstić information content (AvgIpc) is 2.51. The fourth-order valence-electron chi connectivity index (χ4n) is 3.26. The molecule has 0 bridgehead atoms. The number of rotatable bonds is 7. The summed E-state index contributed by atoms with van der Waals surface area (Å²) in [5, 5.41) is 0. The second-order valence-corrected chi connectivity index (χ2v) is 18.5. The molecule has 2 aromatic carbocycles. The van der Waals surface area contributed by atoms with Gasteiger partial charge in [-0.15, -0.1) is 0 Å². The Kier molecular flexibility index (Phi) is 6.24. The van der Waals surface area contributed by atoms with Crippen molar-refractivity contribution >= 4 is 22.2 Å². The van der Waals surface area contributed by atoms with Gasteiger partial charge in [-0.2, -0.15) is 0 Å². The van der Waals surface area contributed by atoms with Crippen molar-refractivity contribution in [3.05, 3.63) is 77.9 Å². The lowest BCUT2D eigenvalue weighted by Crippen LogP contribution is -2.39. The van der Waals surface area contributed by atoms with Gasteiger partial charge in [-0.25, -0.2) is 0 Å². The first-order chi connectivity index (χ1) is 11.3. The molecule has 0 aromatic heterocycles. The van der Waals surface area contributed by atoms with Crippen molar-refractivity contribution in [2.75, 3.05) is 0 Å². The fraction of sp³-hybridized carbons (Fsp3) is 0.333. The summed E-state index contributed by atoms with van der Waals surface area (Å²) < 4.78 is 6.66. The summed E-state index contributed by atoms with van der Waals surface area (Å²) in [6, 6.07) is 21.1. The lowest BCUT2D eigenvalue weighted by Gasteiger charge is -2.31. The van der Waals surface area contributed by atoms with Gasteiger partial charge in [0.15, 0.2) is 0 Å². The largest absolute Gasteiger partial charge is 0.544 e. The van der Waals surface area contributed by atoms with Crippen LogP contribution in [0.3, 0.4) is 0 Å². The molecule has 0 aliphatic carbocycles. The first-order valence-electron chi connectivity index (χ1n) is 8.74. The Balaban J connectivity index is 2.23. The minimum absolute atomic E-state index is 0.905. The highest BCUT2D eigenvalue weighted by molar-refractivity contribution is 6.92. The van der Waals surface area contributed by atoms with Crippen molar-refractivity contribution in [1.82, 2.24) is 0 Å². The third-order valence-electron chi connectivity index (χ3n) is 3.77. The van der Waals surface area contributed by atoms with Crippen LogP contribution in [0.2, 0.25) is 38.4 Å². The quantitative estimate of drug-likeness (QED) is 0.414. The SMILES string of the molecule is C[Si](C)(C)C[Si](C)(C)O/C(=C/Cc1ccccc1)c1ccccc1. The first-order valence-corrected chi connectivity index (χ1v) is 15.6. The van der Waals surface area contributed by atoms with Crippen LogP contribution in [0.5, 0.6) is 0 Å². The molecule has 2 aromatic rings. The predicted octanol–water partition coefficient (Wildman–Crippen LogP) is 6.37. The molecule has 0 atom stereocenters. The molecule has 0 aliphatic rings. The van der Waals surface area contributed by atoms with E-state index in [9.17, 15) is 0 Å². The standard InChI is InChI=1S/C21H30OSi2/c1-23(2,3)18-24(4,5)22-21(20-14-10-7-11-15-20)17-16-19-12-8-6-9-13-19/h6-15,17H,16,18H2,1-5H3/b21-17+. The van der Waals surface area contributed by atoms with Gasteiger partial charge < -0.3 is 4.43 Å². The zero-order valence-electron chi connectivity index (χ0n) is 15.7. The number of benzene rings is 2. The molecule has 3 heteroatoms. The molecule has 0 unspecified atom stereocenters. The zero-order chi connectivity index (χ0) is 17.6. The number of hydrogen-bond acceptors (Lipinski definition) is 1. The Morgan fingerprint density at radius 2 is 1.38 bits per heavy atom. The monoisotopic (exact) mass is 354 g/mol. The summed E-state index contributed by atoms with van der Waals surface area (Å²) in [6.07, 6.45) is 3.16. The molecule has 0 heterocycles. The van der Waals surface area contributed by atoms with Gasteiger partial charge in [-0.1, -0.05) is 80.3 Å². The average molecular weight is 355 g/mol. The van der Waals surface area contributed by atoms with Crippen LogP contribution in [0.15, 0.2) is 66.7 Å². The van der Waals surface area contributed by atoms with E-state index in [-0.39, 0.29) is 0 Å². The maximum atomic E-state index is 6.66. The predicted molar refractivity (Wildman–Crippen MR) is 111 cm³/mol. The second-order valence-electron chi connectivity index (χ2n) is 8.22.